The molecule has 2 aromatic rings. The van der Waals surface area contributed by atoms with Gasteiger partial charge in [-0.15, -0.1) is 0 Å². The van der Waals surface area contributed by atoms with E-state index in [0.717, 1.165) is 18.7 Å². The van der Waals surface area contributed by atoms with Crippen LogP contribution in [0, 0.1) is 0 Å². The molecule has 2 heteroatoms. The molecule has 0 amide bonds. The molecule has 100 valence electrons. The van der Waals surface area contributed by atoms with Gasteiger partial charge < -0.3 is 10.1 Å². The summed E-state index contributed by atoms with van der Waals surface area (Å²) in [6, 6.07) is 11.3. The molecule has 0 bridgehead atoms. The summed E-state index contributed by atoms with van der Waals surface area (Å²) in [7, 11) is 1.76. The van der Waals surface area contributed by atoms with Crippen LogP contribution in [0.3, 0.4) is 0 Å². The first-order valence-corrected chi connectivity index (χ1v) is 7.17. The highest BCUT2D eigenvalue weighted by molar-refractivity contribution is 5.92. The largest absolute Gasteiger partial charge is 0.496 e. The first kappa shape index (κ1) is 12.5. The highest BCUT2D eigenvalue weighted by Gasteiger charge is 2.22. The van der Waals surface area contributed by atoms with Crippen LogP contribution in [-0.2, 0) is 6.42 Å². The Labute approximate surface area is 114 Å². The summed E-state index contributed by atoms with van der Waals surface area (Å²) in [5.74, 6) is 0.999. The van der Waals surface area contributed by atoms with Crippen LogP contribution < -0.4 is 10.1 Å². The lowest BCUT2D eigenvalue weighted by atomic mass is 9.87. The predicted octanol–water partition coefficient (Wildman–Crippen LogP) is 3.84. The van der Waals surface area contributed by atoms with E-state index in [4.69, 9.17) is 4.74 Å². The van der Waals surface area contributed by atoms with Crippen molar-refractivity contribution in [2.75, 3.05) is 13.7 Å². The number of hydrogen-bond donors (Lipinski definition) is 1. The number of rotatable bonds is 3. The van der Waals surface area contributed by atoms with Crippen LogP contribution in [0.2, 0.25) is 0 Å². The lowest BCUT2D eigenvalue weighted by molar-refractivity contribution is 0.415. The molecule has 1 atom stereocenters. The van der Waals surface area contributed by atoms with E-state index >= 15 is 0 Å². The van der Waals surface area contributed by atoms with Crippen LogP contribution in [0.4, 0.5) is 0 Å². The maximum atomic E-state index is 5.59. The minimum Gasteiger partial charge on any atom is -0.496 e. The van der Waals surface area contributed by atoms with Gasteiger partial charge >= 0.3 is 0 Å². The molecule has 0 aliphatic carbocycles. The highest BCUT2D eigenvalue weighted by Crippen LogP contribution is 2.37. The zero-order valence-electron chi connectivity index (χ0n) is 11.7. The van der Waals surface area contributed by atoms with E-state index < -0.39 is 0 Å². The van der Waals surface area contributed by atoms with Crippen molar-refractivity contribution < 1.29 is 4.74 Å². The minimum absolute atomic E-state index is 0.479. The molecule has 2 aromatic carbocycles. The van der Waals surface area contributed by atoms with E-state index in [-0.39, 0.29) is 0 Å². The first-order valence-electron chi connectivity index (χ1n) is 7.17. The van der Waals surface area contributed by atoms with E-state index in [1.165, 1.54) is 34.7 Å². The van der Waals surface area contributed by atoms with Crippen LogP contribution in [0.15, 0.2) is 30.3 Å². The summed E-state index contributed by atoms with van der Waals surface area (Å²) in [6.45, 7) is 3.32. The molecule has 0 saturated heterocycles. The number of hydrogen-bond acceptors (Lipinski definition) is 2. The van der Waals surface area contributed by atoms with Crippen LogP contribution >= 0.6 is 0 Å². The topological polar surface area (TPSA) is 21.3 Å². The van der Waals surface area contributed by atoms with Gasteiger partial charge in [0.05, 0.1) is 7.11 Å². The van der Waals surface area contributed by atoms with Gasteiger partial charge in [-0.25, -0.2) is 0 Å². The average Bonchev–Trinajstić information content (AvgIpc) is 2.47. The smallest absolute Gasteiger partial charge is 0.127 e. The molecule has 1 N–H and O–H groups in total. The van der Waals surface area contributed by atoms with Crippen molar-refractivity contribution in [2.45, 2.75) is 32.2 Å². The maximum absolute atomic E-state index is 5.59. The Kier molecular flexibility index (Phi) is 3.43. The van der Waals surface area contributed by atoms with E-state index in [9.17, 15) is 0 Å². The Hall–Kier alpha value is -1.54. The van der Waals surface area contributed by atoms with Crippen molar-refractivity contribution in [3.8, 4) is 5.75 Å². The molecular weight excluding hydrogens is 234 g/mol. The Morgan fingerprint density at radius 3 is 2.79 bits per heavy atom. The lowest BCUT2D eigenvalue weighted by Crippen LogP contribution is -2.29. The van der Waals surface area contributed by atoms with E-state index in [1.54, 1.807) is 7.11 Å². The van der Waals surface area contributed by atoms with Gasteiger partial charge in [-0.05, 0) is 42.0 Å². The Morgan fingerprint density at radius 2 is 2.05 bits per heavy atom. The Morgan fingerprint density at radius 1 is 1.26 bits per heavy atom. The molecule has 1 heterocycles. The van der Waals surface area contributed by atoms with Crippen molar-refractivity contribution in [3.63, 3.8) is 0 Å². The second-order valence-electron chi connectivity index (χ2n) is 5.24. The fourth-order valence-corrected chi connectivity index (χ4v) is 3.21. The molecule has 3 rings (SSSR count). The molecule has 0 aromatic heterocycles. The number of methoxy groups -OCH3 is 1. The predicted molar refractivity (Wildman–Crippen MR) is 79.9 cm³/mol. The molecule has 1 unspecified atom stereocenters. The molecule has 0 fully saturated rings. The molecular formula is C17H21NO. The Balaban J connectivity index is 2.23. The molecule has 2 nitrogen and oxygen atoms in total. The van der Waals surface area contributed by atoms with Crippen LogP contribution in [0.25, 0.3) is 10.8 Å². The monoisotopic (exact) mass is 255 g/mol. The zero-order valence-corrected chi connectivity index (χ0v) is 11.7. The van der Waals surface area contributed by atoms with Gasteiger partial charge in [0.1, 0.15) is 5.75 Å². The SMILES string of the molecule is CCCC1NCCc2c1cc(OC)c1ccccc21. The van der Waals surface area contributed by atoms with Gasteiger partial charge in [-0.2, -0.15) is 0 Å². The van der Waals surface area contributed by atoms with Crippen molar-refractivity contribution in [1.82, 2.24) is 5.32 Å². The van der Waals surface area contributed by atoms with E-state index in [0.29, 0.717) is 6.04 Å². The third kappa shape index (κ3) is 2.10. The van der Waals surface area contributed by atoms with Gasteiger partial charge in [-0.1, -0.05) is 37.6 Å². The summed E-state index contributed by atoms with van der Waals surface area (Å²) in [6.07, 6.45) is 3.50. The standard InChI is InChI=1S/C17H21NO/c1-3-6-16-15-11-17(19-2)14-8-5-4-7-12(14)13(15)9-10-18-16/h4-5,7-8,11,16,18H,3,6,9-10H2,1-2H3. The summed E-state index contributed by atoms with van der Waals surface area (Å²) >= 11 is 0. The van der Waals surface area contributed by atoms with Gasteiger partial charge in [0.25, 0.3) is 0 Å². The molecule has 0 radical (unpaired) electrons. The van der Waals surface area contributed by atoms with Crippen molar-refractivity contribution >= 4 is 10.8 Å². The van der Waals surface area contributed by atoms with Crippen molar-refractivity contribution in [1.29, 1.82) is 0 Å². The first-order chi connectivity index (χ1) is 9.35. The van der Waals surface area contributed by atoms with Crippen molar-refractivity contribution in [2.24, 2.45) is 0 Å². The molecule has 0 saturated carbocycles. The summed E-state index contributed by atoms with van der Waals surface area (Å²) < 4.78 is 5.59. The minimum atomic E-state index is 0.479. The molecule has 19 heavy (non-hydrogen) atoms. The van der Waals surface area contributed by atoms with E-state index in [1.807, 2.05) is 0 Å². The second kappa shape index (κ2) is 5.22. The lowest BCUT2D eigenvalue weighted by Gasteiger charge is -2.28. The van der Waals surface area contributed by atoms with Crippen molar-refractivity contribution in [3.05, 3.63) is 41.5 Å². The quantitative estimate of drug-likeness (QED) is 0.900. The zero-order chi connectivity index (χ0) is 13.2. The number of nitrogens with one attached hydrogen (secondary N) is 1. The maximum Gasteiger partial charge on any atom is 0.127 e. The Bertz CT molecular complexity index is 591. The third-order valence-corrected chi connectivity index (χ3v) is 4.09. The number of fused-ring (bicyclic) bond motifs is 3. The highest BCUT2D eigenvalue weighted by atomic mass is 16.5. The summed E-state index contributed by atoms with van der Waals surface area (Å²) in [5.41, 5.74) is 2.94. The summed E-state index contributed by atoms with van der Waals surface area (Å²) in [4.78, 5) is 0. The molecule has 1 aliphatic heterocycles. The fourth-order valence-electron chi connectivity index (χ4n) is 3.21. The van der Waals surface area contributed by atoms with E-state index in [2.05, 4.69) is 42.6 Å². The van der Waals surface area contributed by atoms with Crippen LogP contribution in [0.5, 0.6) is 5.75 Å². The molecule has 0 spiro atoms. The number of ether oxygens (including phenoxy) is 1. The van der Waals surface area contributed by atoms with Crippen LogP contribution in [-0.4, -0.2) is 13.7 Å². The van der Waals surface area contributed by atoms with Gasteiger partial charge in [-0.3, -0.25) is 0 Å². The normalized spacial score (nSPS) is 18.3. The number of benzene rings is 2. The van der Waals surface area contributed by atoms with Gasteiger partial charge in [0.15, 0.2) is 0 Å². The average molecular weight is 255 g/mol. The third-order valence-electron chi connectivity index (χ3n) is 4.09. The fraction of sp³-hybridized carbons (Fsp3) is 0.412. The second-order valence-corrected chi connectivity index (χ2v) is 5.24. The van der Waals surface area contributed by atoms with Crippen LogP contribution in [0.1, 0.15) is 36.9 Å². The van der Waals surface area contributed by atoms with Gasteiger partial charge in [0, 0.05) is 11.4 Å². The summed E-state index contributed by atoms with van der Waals surface area (Å²) in [5, 5.41) is 6.23. The van der Waals surface area contributed by atoms with Gasteiger partial charge in [0.2, 0.25) is 0 Å². The molecule has 1 aliphatic rings.